The van der Waals surface area contributed by atoms with Crippen LogP contribution in [0.4, 0.5) is 0 Å². The maximum Gasteiger partial charge on any atom is 0.268 e. The van der Waals surface area contributed by atoms with Crippen molar-refractivity contribution < 1.29 is 21.6 Å². The fourth-order valence-corrected chi connectivity index (χ4v) is 6.33. The molecular formula is C18H24N4O5S3. The van der Waals surface area contributed by atoms with Crippen LogP contribution >= 0.6 is 11.8 Å². The number of amides is 1. The predicted octanol–water partition coefficient (Wildman–Crippen LogP) is 0.933. The lowest BCUT2D eigenvalue weighted by atomic mass is 10.2. The minimum atomic E-state index is -3.62. The van der Waals surface area contributed by atoms with Crippen molar-refractivity contribution in [1.82, 2.24) is 18.9 Å². The van der Waals surface area contributed by atoms with Gasteiger partial charge in [0.15, 0.2) is 0 Å². The zero-order valence-corrected chi connectivity index (χ0v) is 19.1. The molecule has 3 rings (SSSR count). The first kappa shape index (κ1) is 22.8. The van der Waals surface area contributed by atoms with Gasteiger partial charge in [-0.2, -0.15) is 16.1 Å². The van der Waals surface area contributed by atoms with Crippen molar-refractivity contribution in [3.05, 3.63) is 47.8 Å². The van der Waals surface area contributed by atoms with E-state index in [1.54, 1.807) is 23.9 Å². The Bertz CT molecular complexity index is 1100. The number of carbonyl (C=O) groups excluding carboxylic acids is 1. The molecular weight excluding hydrogens is 448 g/mol. The van der Waals surface area contributed by atoms with E-state index in [1.165, 1.54) is 42.8 Å². The van der Waals surface area contributed by atoms with Gasteiger partial charge in [-0.15, -0.1) is 0 Å². The fraction of sp³-hybridized carbons (Fsp3) is 0.389. The Morgan fingerprint density at radius 2 is 1.73 bits per heavy atom. The Balaban J connectivity index is 1.63. The number of rotatable bonds is 7. The second-order valence-corrected chi connectivity index (χ2v) is 12.2. The smallest absolute Gasteiger partial charge is 0.268 e. The van der Waals surface area contributed by atoms with E-state index in [1.807, 2.05) is 0 Å². The van der Waals surface area contributed by atoms with Crippen LogP contribution < -0.4 is 5.32 Å². The van der Waals surface area contributed by atoms with Gasteiger partial charge in [-0.05, 0) is 23.8 Å². The predicted molar refractivity (Wildman–Crippen MR) is 115 cm³/mol. The van der Waals surface area contributed by atoms with Gasteiger partial charge in [-0.25, -0.2) is 21.1 Å². The maximum absolute atomic E-state index is 12.7. The van der Waals surface area contributed by atoms with Crippen molar-refractivity contribution in [2.75, 3.05) is 38.7 Å². The van der Waals surface area contributed by atoms with Crippen LogP contribution in [0.15, 0.2) is 46.3 Å². The summed E-state index contributed by atoms with van der Waals surface area (Å²) in [6, 6.07) is 7.53. The van der Waals surface area contributed by atoms with Gasteiger partial charge in [0.05, 0.1) is 4.90 Å². The highest BCUT2D eigenvalue weighted by molar-refractivity contribution is 7.99. The van der Waals surface area contributed by atoms with Crippen LogP contribution in [0.1, 0.15) is 16.1 Å². The number of nitrogens with zero attached hydrogens (tertiary/aromatic N) is 2. The average Bonchev–Trinajstić information content (AvgIpc) is 3.24. The third kappa shape index (κ3) is 4.89. The molecule has 1 amide bonds. The summed E-state index contributed by atoms with van der Waals surface area (Å²) < 4.78 is 52.1. The SMILES string of the molecule is CN(C)S(=O)(=O)c1ccc(CNC(=O)c2cc(S(=O)(=O)N3CCSCC3)c[nH]2)cc1. The van der Waals surface area contributed by atoms with Crippen LogP contribution in [-0.4, -0.2) is 75.0 Å². The fourth-order valence-electron chi connectivity index (χ4n) is 2.86. The van der Waals surface area contributed by atoms with Crippen molar-refractivity contribution in [1.29, 1.82) is 0 Å². The van der Waals surface area contributed by atoms with Crippen molar-refractivity contribution >= 4 is 37.7 Å². The lowest BCUT2D eigenvalue weighted by molar-refractivity contribution is 0.0946. The van der Waals surface area contributed by atoms with Crippen LogP contribution in [-0.2, 0) is 26.6 Å². The quantitative estimate of drug-likeness (QED) is 0.619. The molecule has 9 nitrogen and oxygen atoms in total. The third-order valence-electron chi connectivity index (χ3n) is 4.66. The lowest BCUT2D eigenvalue weighted by Crippen LogP contribution is -2.37. The first-order valence-corrected chi connectivity index (χ1v) is 13.2. The number of hydrogen-bond donors (Lipinski definition) is 2. The van der Waals surface area contributed by atoms with E-state index >= 15 is 0 Å². The molecule has 1 aromatic carbocycles. The van der Waals surface area contributed by atoms with Crippen molar-refractivity contribution in [3.63, 3.8) is 0 Å². The molecule has 0 radical (unpaired) electrons. The summed E-state index contributed by atoms with van der Waals surface area (Å²) in [6.45, 7) is 1.09. The minimum absolute atomic E-state index is 0.0674. The van der Waals surface area contributed by atoms with Gasteiger partial charge in [0.2, 0.25) is 20.0 Å². The molecule has 1 aliphatic rings. The van der Waals surface area contributed by atoms with Gasteiger partial charge in [-0.3, -0.25) is 4.79 Å². The second-order valence-electron chi connectivity index (χ2n) is 6.88. The maximum atomic E-state index is 12.7. The number of aromatic amines is 1. The Labute approximate surface area is 180 Å². The van der Waals surface area contributed by atoms with Crippen LogP contribution in [0.5, 0.6) is 0 Å². The molecule has 2 N–H and O–H groups in total. The Morgan fingerprint density at radius 1 is 1.10 bits per heavy atom. The molecule has 1 fully saturated rings. The van der Waals surface area contributed by atoms with Crippen LogP contribution in [0.2, 0.25) is 0 Å². The summed E-state index contributed by atoms with van der Waals surface area (Å²) in [4.78, 5) is 15.3. The summed E-state index contributed by atoms with van der Waals surface area (Å²) in [6.07, 6.45) is 1.33. The normalized spacial score (nSPS) is 16.0. The molecule has 0 atom stereocenters. The van der Waals surface area contributed by atoms with E-state index in [4.69, 9.17) is 0 Å². The number of thioether (sulfide) groups is 1. The number of H-pyrrole nitrogens is 1. The van der Waals surface area contributed by atoms with Crippen molar-refractivity contribution in [2.45, 2.75) is 16.3 Å². The standard InChI is InChI=1S/C18H24N4O5S3/c1-21(2)29(24,25)15-5-3-14(4-6-15)12-20-18(23)17-11-16(13-19-17)30(26,27)22-7-9-28-10-8-22/h3-6,11,13,19H,7-10,12H2,1-2H3,(H,20,23). The Kier molecular flexibility index (Phi) is 6.92. The van der Waals surface area contributed by atoms with E-state index in [0.29, 0.717) is 18.7 Å². The van der Waals surface area contributed by atoms with Crippen LogP contribution in [0.3, 0.4) is 0 Å². The summed E-state index contributed by atoms with van der Waals surface area (Å²) in [5, 5.41) is 2.70. The highest BCUT2D eigenvalue weighted by atomic mass is 32.2. The summed E-state index contributed by atoms with van der Waals surface area (Å²) in [5.74, 6) is 1.06. The molecule has 30 heavy (non-hydrogen) atoms. The van der Waals surface area contributed by atoms with Crippen molar-refractivity contribution in [3.8, 4) is 0 Å². The van der Waals surface area contributed by atoms with E-state index in [2.05, 4.69) is 10.3 Å². The molecule has 12 heteroatoms. The number of sulfonamides is 2. The summed E-state index contributed by atoms with van der Waals surface area (Å²) in [7, 11) is -4.22. The molecule has 0 saturated carbocycles. The van der Waals surface area contributed by atoms with Crippen LogP contribution in [0, 0.1) is 0 Å². The molecule has 2 heterocycles. The number of benzene rings is 1. The molecule has 0 unspecified atom stereocenters. The largest absolute Gasteiger partial charge is 0.356 e. The molecule has 1 saturated heterocycles. The molecule has 1 aliphatic heterocycles. The van der Waals surface area contributed by atoms with Gasteiger partial charge in [0, 0.05) is 51.4 Å². The highest BCUT2D eigenvalue weighted by Crippen LogP contribution is 2.21. The second kappa shape index (κ2) is 9.10. The summed E-state index contributed by atoms with van der Waals surface area (Å²) in [5.41, 5.74) is 0.859. The number of aromatic nitrogens is 1. The van der Waals surface area contributed by atoms with Crippen LogP contribution in [0.25, 0.3) is 0 Å². The molecule has 0 bridgehead atoms. The first-order chi connectivity index (χ1) is 14.1. The number of hydrogen-bond acceptors (Lipinski definition) is 6. The number of nitrogens with one attached hydrogen (secondary N) is 2. The summed E-state index contributed by atoms with van der Waals surface area (Å²) >= 11 is 1.71. The zero-order valence-electron chi connectivity index (χ0n) is 16.7. The average molecular weight is 473 g/mol. The van der Waals surface area contributed by atoms with Gasteiger partial charge < -0.3 is 10.3 Å². The molecule has 0 spiro atoms. The highest BCUT2D eigenvalue weighted by Gasteiger charge is 2.27. The lowest BCUT2D eigenvalue weighted by Gasteiger charge is -2.24. The molecule has 1 aromatic heterocycles. The Hall–Kier alpha value is -1.86. The first-order valence-electron chi connectivity index (χ1n) is 9.18. The third-order valence-corrected chi connectivity index (χ3v) is 9.31. The molecule has 164 valence electrons. The van der Waals surface area contributed by atoms with E-state index in [-0.39, 0.29) is 22.0 Å². The van der Waals surface area contributed by atoms with Crippen molar-refractivity contribution in [2.24, 2.45) is 0 Å². The van der Waals surface area contributed by atoms with Gasteiger partial charge in [-0.1, -0.05) is 12.1 Å². The number of carbonyl (C=O) groups is 1. The molecule has 2 aromatic rings. The van der Waals surface area contributed by atoms with E-state index in [9.17, 15) is 21.6 Å². The van der Waals surface area contributed by atoms with E-state index in [0.717, 1.165) is 15.8 Å². The molecule has 0 aliphatic carbocycles. The Morgan fingerprint density at radius 3 is 2.33 bits per heavy atom. The zero-order chi connectivity index (χ0) is 21.9. The van der Waals surface area contributed by atoms with Gasteiger partial charge in [0.25, 0.3) is 5.91 Å². The minimum Gasteiger partial charge on any atom is -0.356 e. The van der Waals surface area contributed by atoms with Gasteiger partial charge in [0.1, 0.15) is 10.6 Å². The van der Waals surface area contributed by atoms with Gasteiger partial charge >= 0.3 is 0 Å². The van der Waals surface area contributed by atoms with E-state index < -0.39 is 26.0 Å². The topological polar surface area (TPSA) is 120 Å². The monoisotopic (exact) mass is 472 g/mol.